The summed E-state index contributed by atoms with van der Waals surface area (Å²) in [6, 6.07) is 0.242. The molecule has 2 N–H and O–H groups in total. The number of nitrogens with zero attached hydrogens (tertiary/aromatic N) is 2. The fourth-order valence-electron chi connectivity index (χ4n) is 2.37. The van der Waals surface area contributed by atoms with Crippen molar-refractivity contribution in [1.29, 1.82) is 0 Å². The van der Waals surface area contributed by atoms with E-state index in [1.165, 1.54) is 35.8 Å². The summed E-state index contributed by atoms with van der Waals surface area (Å²) in [7, 11) is 2.21. The summed E-state index contributed by atoms with van der Waals surface area (Å²) in [6.07, 6.45) is 6.78. The summed E-state index contributed by atoms with van der Waals surface area (Å²) in [5, 5.41) is 1.30. The molecule has 1 aromatic rings. The number of hydrogen-bond donors (Lipinski definition) is 1. The zero-order valence-electron chi connectivity index (χ0n) is 10.9. The third-order valence-electron chi connectivity index (χ3n) is 3.43. The lowest BCUT2D eigenvalue weighted by Crippen LogP contribution is -2.30. The third-order valence-corrected chi connectivity index (χ3v) is 4.47. The summed E-state index contributed by atoms with van der Waals surface area (Å²) in [6.45, 7) is 4.53. The molecule has 17 heavy (non-hydrogen) atoms. The van der Waals surface area contributed by atoms with Gasteiger partial charge in [-0.25, -0.2) is 4.98 Å². The van der Waals surface area contributed by atoms with Crippen LogP contribution in [-0.2, 0) is 12.8 Å². The molecule has 1 aromatic heterocycles. The molecule has 1 aliphatic heterocycles. The van der Waals surface area contributed by atoms with Crippen molar-refractivity contribution in [3.05, 3.63) is 16.1 Å². The highest BCUT2D eigenvalue weighted by molar-refractivity contribution is 7.11. The summed E-state index contributed by atoms with van der Waals surface area (Å²) in [5.41, 5.74) is 5.81. The van der Waals surface area contributed by atoms with Crippen molar-refractivity contribution < 1.29 is 0 Å². The van der Waals surface area contributed by atoms with Crippen LogP contribution in [0.5, 0.6) is 0 Å². The zero-order chi connectivity index (χ0) is 12.3. The number of rotatable bonds is 4. The van der Waals surface area contributed by atoms with E-state index in [2.05, 4.69) is 23.9 Å². The van der Waals surface area contributed by atoms with E-state index in [1.807, 2.05) is 17.5 Å². The number of nitrogens with two attached hydrogens (primary N) is 1. The second kappa shape index (κ2) is 5.94. The van der Waals surface area contributed by atoms with Crippen molar-refractivity contribution in [3.63, 3.8) is 0 Å². The van der Waals surface area contributed by atoms with E-state index in [-0.39, 0.29) is 6.04 Å². The lowest BCUT2D eigenvalue weighted by atomic mass is 9.94. The van der Waals surface area contributed by atoms with Gasteiger partial charge in [0.15, 0.2) is 0 Å². The van der Waals surface area contributed by atoms with Crippen LogP contribution in [-0.4, -0.2) is 36.1 Å². The minimum absolute atomic E-state index is 0.242. The Morgan fingerprint density at radius 1 is 1.53 bits per heavy atom. The molecule has 2 heterocycles. The van der Waals surface area contributed by atoms with Crippen molar-refractivity contribution in [1.82, 2.24) is 9.88 Å². The molecular formula is C13H23N3S. The average molecular weight is 253 g/mol. The second-order valence-electron chi connectivity index (χ2n) is 5.35. The quantitative estimate of drug-likeness (QED) is 0.891. The van der Waals surface area contributed by atoms with Crippen molar-refractivity contribution in [2.45, 2.75) is 38.6 Å². The van der Waals surface area contributed by atoms with Crippen LogP contribution in [0.4, 0.5) is 0 Å². The Morgan fingerprint density at radius 2 is 2.24 bits per heavy atom. The predicted octanol–water partition coefficient (Wildman–Crippen LogP) is 1.92. The number of aromatic nitrogens is 1. The van der Waals surface area contributed by atoms with E-state index in [1.54, 1.807) is 0 Å². The normalized spacial score (nSPS) is 20.6. The molecule has 0 spiro atoms. The van der Waals surface area contributed by atoms with Crippen molar-refractivity contribution >= 4 is 11.3 Å². The van der Waals surface area contributed by atoms with Crippen LogP contribution in [0.15, 0.2) is 6.20 Å². The van der Waals surface area contributed by atoms with Crippen LogP contribution in [0.1, 0.15) is 29.7 Å². The van der Waals surface area contributed by atoms with Crippen LogP contribution < -0.4 is 5.73 Å². The molecule has 1 atom stereocenters. The third kappa shape index (κ3) is 4.05. The molecule has 0 saturated carbocycles. The lowest BCUT2D eigenvalue weighted by Gasteiger charge is -2.28. The Balaban J connectivity index is 1.84. The fourth-order valence-corrected chi connectivity index (χ4v) is 3.55. The van der Waals surface area contributed by atoms with Gasteiger partial charge in [0.25, 0.3) is 0 Å². The summed E-state index contributed by atoms with van der Waals surface area (Å²) < 4.78 is 0. The highest BCUT2D eigenvalue weighted by atomic mass is 32.1. The summed E-state index contributed by atoms with van der Waals surface area (Å²) in [5.74, 6) is 0.834. The average Bonchev–Trinajstić information content (AvgIpc) is 2.68. The summed E-state index contributed by atoms with van der Waals surface area (Å²) in [4.78, 5) is 8.28. The maximum absolute atomic E-state index is 5.81. The summed E-state index contributed by atoms with van der Waals surface area (Å²) >= 11 is 1.85. The molecule has 4 heteroatoms. The predicted molar refractivity (Wildman–Crippen MR) is 73.4 cm³/mol. The van der Waals surface area contributed by atoms with Crippen LogP contribution >= 0.6 is 11.3 Å². The van der Waals surface area contributed by atoms with Gasteiger partial charge in [-0.1, -0.05) is 0 Å². The first-order valence-corrected chi connectivity index (χ1v) is 7.33. The van der Waals surface area contributed by atoms with Crippen LogP contribution in [0, 0.1) is 5.92 Å². The number of thiazole rings is 1. The molecule has 1 fully saturated rings. The largest absolute Gasteiger partial charge is 0.328 e. The van der Waals surface area contributed by atoms with Crippen molar-refractivity contribution in [2.75, 3.05) is 20.1 Å². The van der Waals surface area contributed by atoms with E-state index in [0.29, 0.717) is 0 Å². The van der Waals surface area contributed by atoms with Gasteiger partial charge in [-0.2, -0.15) is 0 Å². The van der Waals surface area contributed by atoms with Gasteiger partial charge in [-0.15, -0.1) is 11.3 Å². The van der Waals surface area contributed by atoms with E-state index in [4.69, 9.17) is 5.73 Å². The Hall–Kier alpha value is -0.450. The van der Waals surface area contributed by atoms with E-state index < -0.39 is 0 Å². The molecule has 96 valence electrons. The standard InChI is InChI=1S/C13H23N3S/c1-10(14)7-12-9-15-13(17-12)8-11-3-5-16(2)6-4-11/h9-11H,3-8,14H2,1-2H3. The highest BCUT2D eigenvalue weighted by Gasteiger charge is 2.18. The monoisotopic (exact) mass is 253 g/mol. The molecule has 1 saturated heterocycles. The van der Waals surface area contributed by atoms with Gasteiger partial charge in [0.05, 0.1) is 5.01 Å². The minimum Gasteiger partial charge on any atom is -0.328 e. The minimum atomic E-state index is 0.242. The molecule has 0 radical (unpaired) electrons. The van der Waals surface area contributed by atoms with Gasteiger partial charge in [-0.05, 0) is 52.2 Å². The molecule has 1 aliphatic rings. The first kappa shape index (κ1) is 13.0. The SMILES string of the molecule is CC(N)Cc1cnc(CC2CCN(C)CC2)s1. The first-order valence-electron chi connectivity index (χ1n) is 6.51. The van der Waals surface area contributed by atoms with E-state index in [9.17, 15) is 0 Å². The van der Waals surface area contributed by atoms with Gasteiger partial charge < -0.3 is 10.6 Å². The Kier molecular flexibility index (Phi) is 4.54. The Bertz CT molecular complexity index is 340. The molecule has 3 nitrogen and oxygen atoms in total. The van der Waals surface area contributed by atoms with Gasteiger partial charge in [0.2, 0.25) is 0 Å². The molecule has 1 unspecified atom stereocenters. The van der Waals surface area contributed by atoms with Crippen LogP contribution in [0.2, 0.25) is 0 Å². The number of hydrogen-bond acceptors (Lipinski definition) is 4. The van der Waals surface area contributed by atoms with Crippen molar-refractivity contribution in [3.8, 4) is 0 Å². The van der Waals surface area contributed by atoms with Gasteiger partial charge in [0.1, 0.15) is 0 Å². The smallest absolute Gasteiger partial charge is 0.0930 e. The highest BCUT2D eigenvalue weighted by Crippen LogP contribution is 2.23. The molecule has 0 amide bonds. The van der Waals surface area contributed by atoms with Gasteiger partial charge in [0, 0.05) is 23.5 Å². The topological polar surface area (TPSA) is 42.1 Å². The fraction of sp³-hybridized carbons (Fsp3) is 0.769. The molecule has 0 aliphatic carbocycles. The van der Waals surface area contributed by atoms with E-state index in [0.717, 1.165) is 18.8 Å². The molecule has 0 aromatic carbocycles. The number of piperidine rings is 1. The van der Waals surface area contributed by atoms with Gasteiger partial charge in [-0.3, -0.25) is 0 Å². The number of likely N-dealkylation sites (tertiary alicyclic amines) is 1. The second-order valence-corrected chi connectivity index (χ2v) is 6.55. The Labute approximate surface area is 108 Å². The molecule has 2 rings (SSSR count). The lowest BCUT2D eigenvalue weighted by molar-refractivity contribution is 0.219. The maximum Gasteiger partial charge on any atom is 0.0930 e. The first-order chi connectivity index (χ1) is 8.13. The van der Waals surface area contributed by atoms with Gasteiger partial charge >= 0.3 is 0 Å². The van der Waals surface area contributed by atoms with Crippen LogP contribution in [0.25, 0.3) is 0 Å². The molecule has 0 bridgehead atoms. The van der Waals surface area contributed by atoms with E-state index >= 15 is 0 Å². The van der Waals surface area contributed by atoms with Crippen LogP contribution in [0.3, 0.4) is 0 Å². The molecular weight excluding hydrogens is 230 g/mol. The van der Waals surface area contributed by atoms with Crippen molar-refractivity contribution in [2.24, 2.45) is 11.7 Å². The Morgan fingerprint density at radius 3 is 2.88 bits per heavy atom. The maximum atomic E-state index is 5.81. The zero-order valence-corrected chi connectivity index (χ0v) is 11.7.